The van der Waals surface area contributed by atoms with E-state index in [1.807, 2.05) is 38.1 Å². The summed E-state index contributed by atoms with van der Waals surface area (Å²) in [5, 5.41) is 11.7. The maximum Gasteiger partial charge on any atom is 0.301 e. The molecule has 1 N–H and O–H groups in total. The smallest absolute Gasteiger partial charge is 0.301 e. The number of aliphatic hydroxyl groups excluding tert-OH is 1. The number of ether oxygens (including phenoxy) is 1. The lowest BCUT2D eigenvalue weighted by Crippen LogP contribution is -2.29. The number of Topliss-reactive ketones (excluding diaryl/α,β-unsaturated/α-hetero) is 1. The number of anilines is 1. The number of ketones is 1. The number of halogens is 1. The summed E-state index contributed by atoms with van der Waals surface area (Å²) in [5.41, 5.74) is 3.66. The molecule has 8 heteroatoms. The van der Waals surface area contributed by atoms with Crippen molar-refractivity contribution in [3.8, 4) is 5.75 Å². The van der Waals surface area contributed by atoms with Gasteiger partial charge in [-0.05, 0) is 66.4 Å². The van der Waals surface area contributed by atoms with Gasteiger partial charge in [0.2, 0.25) is 0 Å². The summed E-state index contributed by atoms with van der Waals surface area (Å²) >= 11 is 1.13. The number of rotatable bonds is 4. The Bertz CT molecular complexity index is 1610. The van der Waals surface area contributed by atoms with Crippen LogP contribution in [-0.2, 0) is 22.4 Å². The Morgan fingerprint density at radius 3 is 2.68 bits per heavy atom. The molecule has 1 saturated heterocycles. The fourth-order valence-electron chi connectivity index (χ4n) is 5.00. The lowest BCUT2D eigenvalue weighted by Gasteiger charge is -2.23. The van der Waals surface area contributed by atoms with E-state index in [9.17, 15) is 19.1 Å². The van der Waals surface area contributed by atoms with Crippen LogP contribution < -0.4 is 9.64 Å². The molecule has 37 heavy (non-hydrogen) atoms. The second kappa shape index (κ2) is 8.81. The van der Waals surface area contributed by atoms with Crippen molar-refractivity contribution in [3.63, 3.8) is 0 Å². The maximum atomic E-state index is 13.8. The zero-order valence-electron chi connectivity index (χ0n) is 20.2. The van der Waals surface area contributed by atoms with Gasteiger partial charge < -0.3 is 9.84 Å². The van der Waals surface area contributed by atoms with E-state index in [0.29, 0.717) is 27.8 Å². The molecule has 0 radical (unpaired) electrons. The van der Waals surface area contributed by atoms with Gasteiger partial charge in [-0.25, -0.2) is 9.37 Å². The minimum absolute atomic E-state index is 0.00778. The summed E-state index contributed by atoms with van der Waals surface area (Å²) in [4.78, 5) is 32.7. The third kappa shape index (κ3) is 3.88. The van der Waals surface area contributed by atoms with Gasteiger partial charge in [-0.3, -0.25) is 14.5 Å². The Morgan fingerprint density at radius 1 is 1.14 bits per heavy atom. The SMILES string of the molecule is CCc1ccc([C@H]2C(=C(O)c3ccc4c(c3)C[C@@H](C)O4)C(=O)C(=O)N2c2nc3ccc(F)cc3s2)cc1. The highest BCUT2D eigenvalue weighted by Crippen LogP contribution is 2.45. The second-order valence-electron chi connectivity index (χ2n) is 9.33. The van der Waals surface area contributed by atoms with Crippen molar-refractivity contribution in [2.24, 2.45) is 0 Å². The summed E-state index contributed by atoms with van der Waals surface area (Å²) < 4.78 is 20.2. The summed E-state index contributed by atoms with van der Waals surface area (Å²) in [5.74, 6) is -1.49. The Balaban J connectivity index is 1.53. The van der Waals surface area contributed by atoms with E-state index in [0.717, 1.165) is 34.6 Å². The number of carbonyl (C=O) groups excluding carboxylic acids is 2. The Kier molecular flexibility index (Phi) is 5.56. The zero-order chi connectivity index (χ0) is 25.8. The van der Waals surface area contributed by atoms with Crippen LogP contribution in [0.1, 0.15) is 42.1 Å². The van der Waals surface area contributed by atoms with Crippen LogP contribution >= 0.6 is 11.3 Å². The maximum absolute atomic E-state index is 13.8. The van der Waals surface area contributed by atoms with Crippen LogP contribution in [0.25, 0.3) is 16.0 Å². The molecule has 0 unspecified atom stereocenters. The molecule has 1 amide bonds. The monoisotopic (exact) mass is 514 g/mol. The molecule has 1 fully saturated rings. The molecule has 2 atom stereocenters. The number of hydrogen-bond acceptors (Lipinski definition) is 6. The first-order valence-corrected chi connectivity index (χ1v) is 12.9. The van der Waals surface area contributed by atoms with Gasteiger partial charge in [-0.2, -0.15) is 0 Å². The molecule has 1 aromatic heterocycles. The van der Waals surface area contributed by atoms with Crippen LogP contribution in [0.2, 0.25) is 0 Å². The molecule has 0 spiro atoms. The molecule has 0 bridgehead atoms. The minimum Gasteiger partial charge on any atom is -0.507 e. The van der Waals surface area contributed by atoms with Crippen molar-refractivity contribution in [1.29, 1.82) is 0 Å². The molecule has 186 valence electrons. The molecule has 3 heterocycles. The summed E-state index contributed by atoms with van der Waals surface area (Å²) in [6, 6.07) is 16.2. The second-order valence-corrected chi connectivity index (χ2v) is 10.3. The molecular weight excluding hydrogens is 491 g/mol. The average Bonchev–Trinajstić information content (AvgIpc) is 3.55. The standard InChI is InChI=1S/C29H23FN2O4S/c1-3-16-4-6-17(7-5-16)25-24(26(33)18-8-11-22-19(13-18)12-15(2)36-22)27(34)28(35)32(25)29-31-21-10-9-20(30)14-23(21)37-29/h4-11,13-15,25,33H,3,12H2,1-2H3/t15-,25+/m1/s1. The number of benzene rings is 3. The third-order valence-corrected chi connectivity index (χ3v) is 7.88. The van der Waals surface area contributed by atoms with Crippen molar-refractivity contribution in [3.05, 3.63) is 94.3 Å². The van der Waals surface area contributed by atoms with Gasteiger partial charge in [-0.15, -0.1) is 0 Å². The van der Waals surface area contributed by atoms with Gasteiger partial charge in [0.25, 0.3) is 5.78 Å². The topological polar surface area (TPSA) is 79.7 Å². The summed E-state index contributed by atoms with van der Waals surface area (Å²) in [6.07, 6.45) is 1.55. The number of amides is 1. The number of hydrogen-bond donors (Lipinski definition) is 1. The van der Waals surface area contributed by atoms with E-state index < -0.39 is 23.5 Å². The number of aryl methyl sites for hydroxylation is 1. The molecule has 2 aliphatic heterocycles. The van der Waals surface area contributed by atoms with Crippen molar-refractivity contribution in [1.82, 2.24) is 4.98 Å². The number of aromatic nitrogens is 1. The predicted octanol–water partition coefficient (Wildman–Crippen LogP) is 5.95. The van der Waals surface area contributed by atoms with E-state index in [-0.39, 0.29) is 22.6 Å². The fraction of sp³-hybridized carbons (Fsp3) is 0.207. The first kappa shape index (κ1) is 23.4. The van der Waals surface area contributed by atoms with Crippen LogP contribution in [0.4, 0.5) is 9.52 Å². The highest BCUT2D eigenvalue weighted by atomic mass is 32.1. The molecule has 0 aliphatic carbocycles. The van der Waals surface area contributed by atoms with Gasteiger partial charge in [0.1, 0.15) is 23.4 Å². The van der Waals surface area contributed by atoms with Gasteiger partial charge in [0, 0.05) is 12.0 Å². The first-order valence-electron chi connectivity index (χ1n) is 12.1. The first-order chi connectivity index (χ1) is 17.8. The molecular formula is C29H23FN2O4S. The molecule has 4 aromatic rings. The Labute approximate surface area is 216 Å². The average molecular weight is 515 g/mol. The molecule has 0 saturated carbocycles. The summed E-state index contributed by atoms with van der Waals surface area (Å²) in [7, 11) is 0. The minimum atomic E-state index is -0.889. The van der Waals surface area contributed by atoms with Crippen molar-refractivity contribution in [2.45, 2.75) is 38.8 Å². The van der Waals surface area contributed by atoms with Gasteiger partial charge >= 0.3 is 5.91 Å². The summed E-state index contributed by atoms with van der Waals surface area (Å²) in [6.45, 7) is 4.01. The van der Waals surface area contributed by atoms with Crippen LogP contribution in [-0.4, -0.2) is 27.9 Å². The number of fused-ring (bicyclic) bond motifs is 2. The van der Waals surface area contributed by atoms with Crippen LogP contribution in [0.3, 0.4) is 0 Å². The molecule has 3 aromatic carbocycles. The van der Waals surface area contributed by atoms with Crippen molar-refractivity contribution >= 4 is 44.1 Å². The van der Waals surface area contributed by atoms with Crippen LogP contribution in [0.15, 0.2) is 66.2 Å². The highest BCUT2D eigenvalue weighted by molar-refractivity contribution is 7.22. The van der Waals surface area contributed by atoms with Gasteiger partial charge in [0.05, 0.1) is 21.8 Å². The lowest BCUT2D eigenvalue weighted by molar-refractivity contribution is -0.132. The lowest BCUT2D eigenvalue weighted by atomic mass is 9.94. The Hall–Kier alpha value is -4.04. The van der Waals surface area contributed by atoms with E-state index in [4.69, 9.17) is 4.74 Å². The Morgan fingerprint density at radius 2 is 1.92 bits per heavy atom. The fourth-order valence-corrected chi connectivity index (χ4v) is 6.01. The zero-order valence-corrected chi connectivity index (χ0v) is 21.0. The number of aliphatic hydroxyl groups is 1. The largest absolute Gasteiger partial charge is 0.507 e. The van der Waals surface area contributed by atoms with E-state index in [1.165, 1.54) is 17.0 Å². The molecule has 6 nitrogen and oxygen atoms in total. The van der Waals surface area contributed by atoms with Crippen molar-refractivity contribution < 1.29 is 23.8 Å². The quantitative estimate of drug-likeness (QED) is 0.207. The van der Waals surface area contributed by atoms with Crippen LogP contribution in [0.5, 0.6) is 5.75 Å². The van der Waals surface area contributed by atoms with E-state index in [1.54, 1.807) is 24.3 Å². The highest BCUT2D eigenvalue weighted by Gasteiger charge is 2.48. The van der Waals surface area contributed by atoms with Gasteiger partial charge in [0.15, 0.2) is 5.13 Å². The molecule has 6 rings (SSSR count). The van der Waals surface area contributed by atoms with E-state index >= 15 is 0 Å². The van der Waals surface area contributed by atoms with Crippen LogP contribution in [0, 0.1) is 5.82 Å². The number of carbonyl (C=O) groups is 2. The van der Waals surface area contributed by atoms with E-state index in [2.05, 4.69) is 4.98 Å². The third-order valence-electron chi connectivity index (χ3n) is 6.86. The number of thiazole rings is 1. The predicted molar refractivity (Wildman–Crippen MR) is 140 cm³/mol. The molecule has 2 aliphatic rings. The van der Waals surface area contributed by atoms with Gasteiger partial charge in [-0.1, -0.05) is 42.5 Å². The normalized spacial score (nSPS) is 20.5. The van der Waals surface area contributed by atoms with Crippen molar-refractivity contribution in [2.75, 3.05) is 4.90 Å². The number of nitrogens with zero attached hydrogens (tertiary/aromatic N) is 2.